The molecule has 0 saturated carbocycles. The van der Waals surface area contributed by atoms with E-state index in [-0.39, 0.29) is 0 Å². The maximum atomic E-state index is 13.1. The van der Waals surface area contributed by atoms with Gasteiger partial charge in [-0.25, -0.2) is 13.2 Å². The largest absolute Gasteiger partial charge is 0.328 e. The number of hydrogen-bond donors (Lipinski definition) is 1. The molecule has 1 aromatic heterocycles. The van der Waals surface area contributed by atoms with E-state index in [0.29, 0.717) is 6.20 Å². The first-order valence-corrected chi connectivity index (χ1v) is 3.63. The molecule has 1 aromatic rings. The zero-order valence-corrected chi connectivity index (χ0v) is 6.85. The number of hydrogen-bond acceptors (Lipinski definition) is 2. The van der Waals surface area contributed by atoms with Gasteiger partial charge in [-0.2, -0.15) is 5.26 Å². The molecule has 0 aliphatic heterocycles. The summed E-state index contributed by atoms with van der Waals surface area (Å²) in [6.45, 7) is 0. The van der Waals surface area contributed by atoms with Crippen molar-refractivity contribution in [2.75, 3.05) is 0 Å². The molecule has 0 amide bonds. The van der Waals surface area contributed by atoms with Crippen LogP contribution < -0.4 is 5.56 Å². The van der Waals surface area contributed by atoms with E-state index in [1.807, 2.05) is 4.98 Å². The third-order valence-electron chi connectivity index (χ3n) is 1.64. The molecule has 0 atom stereocenters. The lowest BCUT2D eigenvalue weighted by molar-refractivity contribution is 0.145. The molecule has 0 aliphatic rings. The predicted octanol–water partition coefficient (Wildman–Crippen LogP) is 1.52. The number of aromatic amines is 1. The van der Waals surface area contributed by atoms with E-state index in [2.05, 4.69) is 0 Å². The summed E-state index contributed by atoms with van der Waals surface area (Å²) in [4.78, 5) is 12.9. The average molecular weight is 202 g/mol. The van der Waals surface area contributed by atoms with Crippen LogP contribution in [0, 0.1) is 17.1 Å². The second-order valence-electron chi connectivity index (χ2n) is 2.50. The van der Waals surface area contributed by atoms with E-state index in [4.69, 9.17) is 5.26 Å². The van der Waals surface area contributed by atoms with Gasteiger partial charge < -0.3 is 4.98 Å². The number of H-pyrrole nitrogens is 1. The van der Waals surface area contributed by atoms with Gasteiger partial charge in [-0.3, -0.25) is 4.79 Å². The lowest BCUT2D eigenvalue weighted by Crippen LogP contribution is -2.16. The first kappa shape index (κ1) is 10.3. The minimum Gasteiger partial charge on any atom is -0.328 e. The number of nitriles is 1. The van der Waals surface area contributed by atoms with Crippen molar-refractivity contribution in [2.24, 2.45) is 0 Å². The van der Waals surface area contributed by atoms with Crippen LogP contribution in [0.1, 0.15) is 17.6 Å². The van der Waals surface area contributed by atoms with E-state index in [9.17, 15) is 18.0 Å². The summed E-state index contributed by atoms with van der Waals surface area (Å²) in [6, 6.07) is 1.53. The Kier molecular flexibility index (Phi) is 2.92. The van der Waals surface area contributed by atoms with E-state index in [1.165, 1.54) is 6.07 Å². The van der Waals surface area contributed by atoms with Crippen LogP contribution in [0.3, 0.4) is 0 Å². The highest BCUT2D eigenvalue weighted by Crippen LogP contribution is 2.21. The molecular weight excluding hydrogens is 197 g/mol. The van der Waals surface area contributed by atoms with Crippen LogP contribution in [-0.4, -0.2) is 4.98 Å². The molecule has 0 fully saturated rings. The number of aromatic nitrogens is 1. The summed E-state index contributed by atoms with van der Waals surface area (Å²) in [5, 5.41) is 8.24. The minimum atomic E-state index is -3.01. The monoisotopic (exact) mass is 202 g/mol. The quantitative estimate of drug-likeness (QED) is 0.790. The molecule has 14 heavy (non-hydrogen) atoms. The topological polar surface area (TPSA) is 56.6 Å². The average Bonchev–Trinajstić information content (AvgIpc) is 2.11. The summed E-state index contributed by atoms with van der Waals surface area (Å²) < 4.78 is 37.4. The Bertz CT molecular complexity index is 433. The molecule has 0 unspecified atom stereocenters. The summed E-state index contributed by atoms with van der Waals surface area (Å²) in [5.74, 6) is -1.30. The second kappa shape index (κ2) is 3.96. The SMILES string of the molecule is N#CCc1c(F)c(C(F)F)c[nH]c1=O. The Morgan fingerprint density at radius 3 is 2.71 bits per heavy atom. The summed E-state index contributed by atoms with van der Waals surface area (Å²) in [7, 11) is 0. The molecule has 0 saturated heterocycles. The van der Waals surface area contributed by atoms with Gasteiger partial charge in [0.15, 0.2) is 0 Å². The van der Waals surface area contributed by atoms with Gasteiger partial charge in [-0.05, 0) is 0 Å². The predicted molar refractivity (Wildman–Crippen MR) is 41.3 cm³/mol. The number of halogens is 3. The second-order valence-corrected chi connectivity index (χ2v) is 2.50. The summed E-state index contributed by atoms with van der Waals surface area (Å²) in [5.41, 5.74) is -2.30. The summed E-state index contributed by atoms with van der Waals surface area (Å²) in [6.07, 6.45) is -2.92. The Morgan fingerprint density at radius 2 is 2.21 bits per heavy atom. The van der Waals surface area contributed by atoms with Crippen molar-refractivity contribution in [1.82, 2.24) is 4.98 Å². The molecule has 6 heteroatoms. The minimum absolute atomic E-state index is 0.526. The molecule has 0 spiro atoms. The zero-order chi connectivity index (χ0) is 10.7. The van der Waals surface area contributed by atoms with Crippen LogP contribution in [0.5, 0.6) is 0 Å². The first-order valence-electron chi connectivity index (χ1n) is 3.63. The maximum absolute atomic E-state index is 13.1. The molecule has 0 bridgehead atoms. The van der Waals surface area contributed by atoms with Crippen LogP contribution in [0.25, 0.3) is 0 Å². The van der Waals surface area contributed by atoms with Gasteiger partial charge in [0, 0.05) is 6.20 Å². The van der Waals surface area contributed by atoms with Gasteiger partial charge in [-0.15, -0.1) is 0 Å². The lowest BCUT2D eigenvalue weighted by atomic mass is 10.1. The Hall–Kier alpha value is -1.77. The van der Waals surface area contributed by atoms with E-state index < -0.39 is 35.3 Å². The summed E-state index contributed by atoms with van der Waals surface area (Å²) >= 11 is 0. The third kappa shape index (κ3) is 1.76. The van der Waals surface area contributed by atoms with Gasteiger partial charge in [0.1, 0.15) is 5.82 Å². The van der Waals surface area contributed by atoms with Gasteiger partial charge in [0.2, 0.25) is 0 Å². The molecule has 74 valence electrons. The fourth-order valence-electron chi connectivity index (χ4n) is 0.963. The van der Waals surface area contributed by atoms with Crippen LogP contribution in [-0.2, 0) is 6.42 Å². The Morgan fingerprint density at radius 1 is 1.57 bits per heavy atom. The van der Waals surface area contributed by atoms with E-state index in [0.717, 1.165) is 0 Å². The normalized spacial score (nSPS) is 10.2. The van der Waals surface area contributed by atoms with Crippen LogP contribution in [0.4, 0.5) is 13.2 Å². The fraction of sp³-hybridized carbons (Fsp3) is 0.250. The highest BCUT2D eigenvalue weighted by Gasteiger charge is 2.18. The first-order chi connectivity index (χ1) is 6.57. The van der Waals surface area contributed by atoms with Gasteiger partial charge >= 0.3 is 0 Å². The third-order valence-corrected chi connectivity index (χ3v) is 1.64. The van der Waals surface area contributed by atoms with Crippen molar-refractivity contribution < 1.29 is 13.2 Å². The molecule has 1 rings (SSSR count). The van der Waals surface area contributed by atoms with Crippen molar-refractivity contribution in [3.63, 3.8) is 0 Å². The molecule has 1 heterocycles. The number of nitrogens with one attached hydrogen (secondary N) is 1. The van der Waals surface area contributed by atoms with Gasteiger partial charge in [0.05, 0.1) is 23.6 Å². The van der Waals surface area contributed by atoms with Crippen LogP contribution in [0.2, 0.25) is 0 Å². The molecule has 1 N–H and O–H groups in total. The fourth-order valence-corrected chi connectivity index (χ4v) is 0.963. The van der Waals surface area contributed by atoms with E-state index in [1.54, 1.807) is 0 Å². The van der Waals surface area contributed by atoms with Crippen LogP contribution in [0.15, 0.2) is 11.0 Å². The molecule has 0 aliphatic carbocycles. The number of alkyl halides is 2. The number of pyridine rings is 1. The van der Waals surface area contributed by atoms with Crippen molar-refractivity contribution in [3.05, 3.63) is 33.5 Å². The van der Waals surface area contributed by atoms with Crippen molar-refractivity contribution in [2.45, 2.75) is 12.8 Å². The van der Waals surface area contributed by atoms with Crippen molar-refractivity contribution >= 4 is 0 Å². The number of rotatable bonds is 2. The Balaban J connectivity index is 3.35. The van der Waals surface area contributed by atoms with E-state index >= 15 is 0 Å². The van der Waals surface area contributed by atoms with Gasteiger partial charge in [0.25, 0.3) is 12.0 Å². The number of nitrogens with zero attached hydrogens (tertiary/aromatic N) is 1. The Labute approximate surface area is 76.8 Å². The highest BCUT2D eigenvalue weighted by atomic mass is 19.3. The molecule has 0 aromatic carbocycles. The molecular formula is C8H5F3N2O. The van der Waals surface area contributed by atoms with Crippen molar-refractivity contribution in [3.8, 4) is 6.07 Å². The lowest BCUT2D eigenvalue weighted by Gasteiger charge is -2.03. The zero-order valence-electron chi connectivity index (χ0n) is 6.85. The van der Waals surface area contributed by atoms with Crippen molar-refractivity contribution in [1.29, 1.82) is 5.26 Å². The van der Waals surface area contributed by atoms with Crippen LogP contribution >= 0.6 is 0 Å². The standard InChI is InChI=1S/C8H5F3N2O/c9-6-4(1-2-12)8(14)13-3-5(6)7(10)11/h3,7H,1H2,(H,13,14). The van der Waals surface area contributed by atoms with Gasteiger partial charge in [-0.1, -0.05) is 0 Å². The highest BCUT2D eigenvalue weighted by molar-refractivity contribution is 5.24. The molecule has 3 nitrogen and oxygen atoms in total. The maximum Gasteiger partial charge on any atom is 0.268 e. The smallest absolute Gasteiger partial charge is 0.268 e. The molecule has 0 radical (unpaired) electrons.